The summed E-state index contributed by atoms with van der Waals surface area (Å²) in [5.41, 5.74) is 8.57. The molecule has 0 bridgehead atoms. The van der Waals surface area contributed by atoms with Crippen molar-refractivity contribution < 1.29 is 4.42 Å². The van der Waals surface area contributed by atoms with Crippen LogP contribution in [0.5, 0.6) is 0 Å². The molecule has 0 fully saturated rings. The van der Waals surface area contributed by atoms with Crippen LogP contribution in [0, 0.1) is 13.8 Å². The lowest BCUT2D eigenvalue weighted by Crippen LogP contribution is -1.88. The molecule has 2 rings (SSSR count). The quantitative estimate of drug-likeness (QED) is 0.689. The van der Waals surface area contributed by atoms with Gasteiger partial charge in [-0.05, 0) is 31.5 Å². The maximum atomic E-state index is 5.69. The number of oxazole rings is 1. The number of nitrogen functional groups attached to an aromatic ring is 1. The van der Waals surface area contributed by atoms with E-state index in [1.807, 2.05) is 32.0 Å². The summed E-state index contributed by atoms with van der Waals surface area (Å²) in [7, 11) is 0. The molecule has 0 aliphatic rings. The molecule has 0 saturated heterocycles. The number of nitrogens with two attached hydrogens (primary N) is 1. The Hall–Kier alpha value is -0.940. The van der Waals surface area contributed by atoms with Crippen molar-refractivity contribution in [2.45, 2.75) is 24.8 Å². The number of nitrogens with zero attached hydrogens (tertiary/aromatic N) is 1. The highest BCUT2D eigenvalue weighted by atomic mass is 79.9. The second kappa shape index (κ2) is 5.14. The Balaban J connectivity index is 2.07. The molecule has 0 amide bonds. The number of halogens is 1. The smallest absolute Gasteiger partial charge is 0.256 e. The summed E-state index contributed by atoms with van der Waals surface area (Å²) >= 11 is 5.08. The third-order valence-corrected chi connectivity index (χ3v) is 4.05. The molecule has 0 aliphatic carbocycles. The van der Waals surface area contributed by atoms with E-state index in [1.165, 1.54) is 5.56 Å². The highest BCUT2D eigenvalue weighted by molar-refractivity contribution is 9.10. The van der Waals surface area contributed by atoms with Crippen LogP contribution in [0.25, 0.3) is 0 Å². The molecule has 5 heteroatoms. The predicted octanol–water partition coefficient (Wildman–Crippen LogP) is 3.93. The Morgan fingerprint density at radius 2 is 2.18 bits per heavy atom. The zero-order chi connectivity index (χ0) is 12.4. The second-order valence-corrected chi connectivity index (χ2v) is 5.54. The van der Waals surface area contributed by atoms with Crippen LogP contribution in [0.1, 0.15) is 17.0 Å². The van der Waals surface area contributed by atoms with Crippen molar-refractivity contribution in [2.75, 3.05) is 5.73 Å². The van der Waals surface area contributed by atoms with Gasteiger partial charge in [0.25, 0.3) is 5.22 Å². The molecule has 2 aromatic rings. The van der Waals surface area contributed by atoms with Gasteiger partial charge in [-0.25, -0.2) is 4.98 Å². The highest BCUT2D eigenvalue weighted by Gasteiger charge is 2.07. The Kier molecular flexibility index (Phi) is 3.79. The topological polar surface area (TPSA) is 52.0 Å². The van der Waals surface area contributed by atoms with Gasteiger partial charge in [0.2, 0.25) is 0 Å². The average molecular weight is 313 g/mol. The van der Waals surface area contributed by atoms with Crippen molar-refractivity contribution in [3.8, 4) is 0 Å². The van der Waals surface area contributed by atoms with Crippen molar-refractivity contribution >= 4 is 33.4 Å². The SMILES string of the molecule is Cc1nc(SCc2ccc(N)cc2Br)oc1C. The Morgan fingerprint density at radius 1 is 1.41 bits per heavy atom. The Morgan fingerprint density at radius 3 is 2.76 bits per heavy atom. The van der Waals surface area contributed by atoms with Crippen LogP contribution in [0.2, 0.25) is 0 Å². The van der Waals surface area contributed by atoms with E-state index in [0.29, 0.717) is 5.22 Å². The van der Waals surface area contributed by atoms with Gasteiger partial charge in [0, 0.05) is 15.9 Å². The summed E-state index contributed by atoms with van der Waals surface area (Å²) in [6.07, 6.45) is 0. The molecule has 0 spiro atoms. The van der Waals surface area contributed by atoms with Crippen LogP contribution >= 0.6 is 27.7 Å². The van der Waals surface area contributed by atoms with E-state index in [4.69, 9.17) is 10.2 Å². The van der Waals surface area contributed by atoms with Gasteiger partial charge in [-0.3, -0.25) is 0 Å². The third kappa shape index (κ3) is 3.04. The van der Waals surface area contributed by atoms with Crippen LogP contribution in [-0.4, -0.2) is 4.98 Å². The van der Waals surface area contributed by atoms with E-state index in [0.717, 1.165) is 27.4 Å². The first-order valence-electron chi connectivity index (χ1n) is 5.17. The van der Waals surface area contributed by atoms with Gasteiger partial charge in [0.05, 0.1) is 5.69 Å². The number of hydrogen-bond acceptors (Lipinski definition) is 4. The highest BCUT2D eigenvalue weighted by Crippen LogP contribution is 2.28. The summed E-state index contributed by atoms with van der Waals surface area (Å²) < 4.78 is 6.53. The maximum Gasteiger partial charge on any atom is 0.256 e. The Labute approximate surface area is 113 Å². The molecule has 1 aromatic heterocycles. The number of rotatable bonds is 3. The maximum absolute atomic E-state index is 5.69. The minimum atomic E-state index is 0.712. The van der Waals surface area contributed by atoms with Gasteiger partial charge >= 0.3 is 0 Å². The van der Waals surface area contributed by atoms with E-state index >= 15 is 0 Å². The monoisotopic (exact) mass is 312 g/mol. The summed E-state index contributed by atoms with van der Waals surface area (Å²) in [6, 6.07) is 5.81. The van der Waals surface area contributed by atoms with Gasteiger partial charge < -0.3 is 10.2 Å². The van der Waals surface area contributed by atoms with Crippen molar-refractivity contribution in [3.05, 3.63) is 39.7 Å². The molecule has 17 heavy (non-hydrogen) atoms. The standard InChI is InChI=1S/C12H13BrN2OS/c1-7-8(2)16-12(15-7)17-6-9-3-4-10(14)5-11(9)13/h3-5H,6,14H2,1-2H3. The predicted molar refractivity (Wildman–Crippen MR) is 74.1 cm³/mol. The largest absolute Gasteiger partial charge is 0.437 e. The van der Waals surface area contributed by atoms with Crippen LogP contribution in [0.15, 0.2) is 32.3 Å². The zero-order valence-electron chi connectivity index (χ0n) is 9.66. The first-order chi connectivity index (χ1) is 8.06. The van der Waals surface area contributed by atoms with E-state index in [2.05, 4.69) is 20.9 Å². The number of aromatic nitrogens is 1. The van der Waals surface area contributed by atoms with Gasteiger partial charge in [-0.2, -0.15) is 0 Å². The van der Waals surface area contributed by atoms with Crippen molar-refractivity contribution in [1.29, 1.82) is 0 Å². The number of benzene rings is 1. The van der Waals surface area contributed by atoms with Crippen molar-refractivity contribution in [1.82, 2.24) is 4.98 Å². The molecule has 90 valence electrons. The lowest BCUT2D eigenvalue weighted by Gasteiger charge is -2.03. The molecule has 0 unspecified atom stereocenters. The van der Waals surface area contributed by atoms with Gasteiger partial charge in [-0.1, -0.05) is 33.8 Å². The third-order valence-electron chi connectivity index (χ3n) is 2.44. The normalized spacial score (nSPS) is 10.8. The van der Waals surface area contributed by atoms with E-state index < -0.39 is 0 Å². The van der Waals surface area contributed by atoms with Crippen LogP contribution in [0.4, 0.5) is 5.69 Å². The van der Waals surface area contributed by atoms with Crippen LogP contribution in [0.3, 0.4) is 0 Å². The number of aryl methyl sites for hydroxylation is 2. The van der Waals surface area contributed by atoms with Crippen molar-refractivity contribution in [3.63, 3.8) is 0 Å². The molecule has 1 heterocycles. The molecule has 1 aromatic carbocycles. The molecule has 0 radical (unpaired) electrons. The lowest BCUT2D eigenvalue weighted by molar-refractivity contribution is 0.431. The molecular weight excluding hydrogens is 300 g/mol. The fourth-order valence-electron chi connectivity index (χ4n) is 1.33. The first kappa shape index (κ1) is 12.5. The second-order valence-electron chi connectivity index (χ2n) is 3.76. The van der Waals surface area contributed by atoms with E-state index in [-0.39, 0.29) is 0 Å². The summed E-state index contributed by atoms with van der Waals surface area (Å²) in [5.74, 6) is 1.68. The van der Waals surface area contributed by atoms with E-state index in [1.54, 1.807) is 11.8 Å². The van der Waals surface area contributed by atoms with Gasteiger partial charge in [0.1, 0.15) is 5.76 Å². The summed E-state index contributed by atoms with van der Waals surface area (Å²) in [4.78, 5) is 4.33. The molecule has 0 saturated carbocycles. The molecule has 0 atom stereocenters. The number of thioether (sulfide) groups is 1. The summed E-state index contributed by atoms with van der Waals surface area (Å²) in [6.45, 7) is 3.87. The first-order valence-corrected chi connectivity index (χ1v) is 6.95. The Bertz CT molecular complexity index is 520. The molecule has 2 N–H and O–H groups in total. The molecule has 3 nitrogen and oxygen atoms in total. The van der Waals surface area contributed by atoms with Gasteiger partial charge in [-0.15, -0.1) is 0 Å². The van der Waals surface area contributed by atoms with Crippen LogP contribution in [-0.2, 0) is 5.75 Å². The zero-order valence-corrected chi connectivity index (χ0v) is 12.1. The minimum absolute atomic E-state index is 0.712. The number of anilines is 1. The fraction of sp³-hybridized carbons (Fsp3) is 0.250. The molecule has 0 aliphatic heterocycles. The average Bonchev–Trinajstić information content (AvgIpc) is 2.57. The molecular formula is C12H13BrN2OS. The van der Waals surface area contributed by atoms with E-state index in [9.17, 15) is 0 Å². The summed E-state index contributed by atoms with van der Waals surface area (Å²) in [5, 5.41) is 0.712. The van der Waals surface area contributed by atoms with Gasteiger partial charge in [0.15, 0.2) is 0 Å². The minimum Gasteiger partial charge on any atom is -0.437 e. The van der Waals surface area contributed by atoms with Crippen molar-refractivity contribution in [2.24, 2.45) is 0 Å². The number of hydrogen-bond donors (Lipinski definition) is 1. The fourth-order valence-corrected chi connectivity index (χ4v) is 2.96. The van der Waals surface area contributed by atoms with Crippen LogP contribution < -0.4 is 5.73 Å². The lowest BCUT2D eigenvalue weighted by atomic mass is 10.2.